The number of cyclic esters (lactones) is 1. The van der Waals surface area contributed by atoms with Crippen LogP contribution in [0, 0.1) is 11.3 Å². The van der Waals surface area contributed by atoms with Gasteiger partial charge < -0.3 is 15.0 Å². The van der Waals surface area contributed by atoms with Gasteiger partial charge in [0.2, 0.25) is 11.8 Å². The highest BCUT2D eigenvalue weighted by atomic mass is 16.6. The summed E-state index contributed by atoms with van der Waals surface area (Å²) in [5, 5.41) is 11.6. The maximum Gasteiger partial charge on any atom is 0.414 e. The molecule has 2 aromatic carbocycles. The van der Waals surface area contributed by atoms with Crippen LogP contribution in [0.3, 0.4) is 0 Å². The van der Waals surface area contributed by atoms with Crippen LogP contribution in [-0.4, -0.2) is 37.6 Å². The number of hydrogen-bond donors (Lipinski definition) is 1. The van der Waals surface area contributed by atoms with E-state index >= 15 is 0 Å². The van der Waals surface area contributed by atoms with Crippen molar-refractivity contribution in [2.75, 3.05) is 34.8 Å². The Bertz CT molecular complexity index is 955. The number of anilines is 3. The summed E-state index contributed by atoms with van der Waals surface area (Å²) in [6, 6.07) is 18.0. The highest BCUT2D eigenvalue weighted by Gasteiger charge is 2.23. The Morgan fingerprint density at radius 2 is 1.93 bits per heavy atom. The summed E-state index contributed by atoms with van der Waals surface area (Å²) in [7, 11) is 0. The number of rotatable bonds is 8. The number of nitriles is 1. The lowest BCUT2D eigenvalue weighted by molar-refractivity contribution is -0.122. The van der Waals surface area contributed by atoms with Gasteiger partial charge in [-0.05, 0) is 30.3 Å². The summed E-state index contributed by atoms with van der Waals surface area (Å²) in [6.07, 6.45) is -0.185. The van der Waals surface area contributed by atoms with Crippen LogP contribution in [-0.2, 0) is 14.3 Å². The van der Waals surface area contributed by atoms with Gasteiger partial charge in [-0.3, -0.25) is 14.5 Å². The van der Waals surface area contributed by atoms with Crippen molar-refractivity contribution in [2.24, 2.45) is 0 Å². The molecule has 0 aromatic heterocycles. The minimum atomic E-state index is -0.414. The van der Waals surface area contributed by atoms with Gasteiger partial charge in [-0.25, -0.2) is 4.79 Å². The van der Waals surface area contributed by atoms with Crippen molar-refractivity contribution >= 4 is 35.0 Å². The minimum Gasteiger partial charge on any atom is -0.447 e. The van der Waals surface area contributed by atoms with E-state index in [1.54, 1.807) is 36.4 Å². The number of hydrogen-bond acceptors (Lipinski definition) is 5. The third-order valence-electron chi connectivity index (χ3n) is 4.58. The van der Waals surface area contributed by atoms with Crippen molar-refractivity contribution in [1.29, 1.82) is 5.26 Å². The summed E-state index contributed by atoms with van der Waals surface area (Å²) in [4.78, 5) is 39.7. The van der Waals surface area contributed by atoms with Gasteiger partial charge in [-0.1, -0.05) is 24.3 Å². The molecule has 1 aliphatic heterocycles. The molecular weight excluding hydrogens is 384 g/mol. The molecule has 0 spiro atoms. The topological polar surface area (TPSA) is 103 Å². The van der Waals surface area contributed by atoms with Crippen LogP contribution < -0.4 is 15.1 Å². The van der Waals surface area contributed by atoms with E-state index in [4.69, 9.17) is 10.00 Å². The highest BCUT2D eigenvalue weighted by Crippen LogP contribution is 2.23. The van der Waals surface area contributed by atoms with E-state index < -0.39 is 6.09 Å². The molecule has 1 aliphatic rings. The summed E-state index contributed by atoms with van der Waals surface area (Å²) in [6.45, 7) is 1.07. The molecule has 1 N–H and O–H groups in total. The molecule has 3 amide bonds. The van der Waals surface area contributed by atoms with Gasteiger partial charge >= 0.3 is 6.09 Å². The maximum absolute atomic E-state index is 12.6. The average molecular weight is 406 g/mol. The Morgan fingerprint density at radius 1 is 1.13 bits per heavy atom. The first-order valence-electron chi connectivity index (χ1n) is 9.65. The lowest BCUT2D eigenvalue weighted by atomic mass is 10.2. The summed E-state index contributed by atoms with van der Waals surface area (Å²) in [5.41, 5.74) is 1.87. The van der Waals surface area contributed by atoms with Crippen molar-refractivity contribution in [3.05, 3.63) is 54.6 Å². The fourth-order valence-corrected chi connectivity index (χ4v) is 3.13. The minimum absolute atomic E-state index is 0.00467. The molecule has 0 radical (unpaired) electrons. The molecule has 8 nitrogen and oxygen atoms in total. The molecule has 0 bridgehead atoms. The quantitative estimate of drug-likeness (QED) is 0.724. The predicted molar refractivity (Wildman–Crippen MR) is 112 cm³/mol. The van der Waals surface area contributed by atoms with Gasteiger partial charge in [0, 0.05) is 36.4 Å². The molecule has 1 heterocycles. The third-order valence-corrected chi connectivity index (χ3v) is 4.58. The van der Waals surface area contributed by atoms with Crippen molar-refractivity contribution in [2.45, 2.75) is 19.3 Å². The van der Waals surface area contributed by atoms with Gasteiger partial charge in [0.15, 0.2) is 0 Å². The molecule has 1 saturated heterocycles. The normalized spacial score (nSPS) is 12.8. The second-order valence-corrected chi connectivity index (χ2v) is 6.65. The summed E-state index contributed by atoms with van der Waals surface area (Å²) >= 11 is 0. The molecule has 0 aliphatic carbocycles. The standard InChI is InChI=1S/C22H22N4O4/c23-12-5-13-25(18-7-2-1-3-8-18)21(28)11-10-20(27)24-17-6-4-9-19(16-17)26-14-15-30-22(26)29/h1-4,6-9,16H,5,10-11,13-15H2,(H,24,27). The van der Waals surface area contributed by atoms with Crippen LogP contribution in [0.25, 0.3) is 0 Å². The fraction of sp³-hybridized carbons (Fsp3) is 0.273. The molecule has 2 aromatic rings. The van der Waals surface area contributed by atoms with E-state index in [9.17, 15) is 14.4 Å². The fourth-order valence-electron chi connectivity index (χ4n) is 3.13. The monoisotopic (exact) mass is 406 g/mol. The number of carbonyl (C=O) groups excluding carboxylic acids is 3. The van der Waals surface area contributed by atoms with Crippen molar-refractivity contribution in [3.8, 4) is 6.07 Å². The van der Waals surface area contributed by atoms with E-state index in [-0.39, 0.29) is 37.6 Å². The first-order valence-corrected chi connectivity index (χ1v) is 9.65. The van der Waals surface area contributed by atoms with Gasteiger partial charge in [0.05, 0.1) is 19.0 Å². The summed E-state index contributed by atoms with van der Waals surface area (Å²) in [5.74, 6) is -0.530. The summed E-state index contributed by atoms with van der Waals surface area (Å²) < 4.78 is 4.93. The molecule has 0 saturated carbocycles. The van der Waals surface area contributed by atoms with Crippen molar-refractivity contribution in [3.63, 3.8) is 0 Å². The van der Waals surface area contributed by atoms with Gasteiger partial charge in [0.1, 0.15) is 6.61 Å². The largest absolute Gasteiger partial charge is 0.447 e. The molecule has 0 unspecified atom stereocenters. The van der Waals surface area contributed by atoms with Crippen LogP contribution in [0.4, 0.5) is 21.9 Å². The molecule has 1 fully saturated rings. The number of nitrogens with zero attached hydrogens (tertiary/aromatic N) is 3. The van der Waals surface area contributed by atoms with Crippen LogP contribution in [0.15, 0.2) is 54.6 Å². The highest BCUT2D eigenvalue weighted by molar-refractivity contribution is 5.98. The molecule has 0 atom stereocenters. The number of ether oxygens (including phenoxy) is 1. The molecule has 30 heavy (non-hydrogen) atoms. The number of amides is 3. The van der Waals surface area contributed by atoms with E-state index in [1.807, 2.05) is 24.3 Å². The second kappa shape index (κ2) is 10.1. The first kappa shape index (κ1) is 20.9. The van der Waals surface area contributed by atoms with Gasteiger partial charge in [-0.15, -0.1) is 0 Å². The lowest BCUT2D eigenvalue weighted by Gasteiger charge is -2.21. The number of carbonyl (C=O) groups is 3. The van der Waals surface area contributed by atoms with Crippen LogP contribution in [0.1, 0.15) is 19.3 Å². The number of nitrogens with one attached hydrogen (secondary N) is 1. The smallest absolute Gasteiger partial charge is 0.414 e. The predicted octanol–water partition coefficient (Wildman–Crippen LogP) is 3.31. The van der Waals surface area contributed by atoms with Crippen LogP contribution in [0.2, 0.25) is 0 Å². The Kier molecular flexibility index (Phi) is 7.00. The van der Waals surface area contributed by atoms with Crippen molar-refractivity contribution in [1.82, 2.24) is 0 Å². The SMILES string of the molecule is N#CCCN(C(=O)CCC(=O)Nc1cccc(N2CCOC2=O)c1)c1ccccc1. The maximum atomic E-state index is 12.6. The zero-order chi connectivity index (χ0) is 21.3. The van der Waals surface area contributed by atoms with Gasteiger partial charge in [-0.2, -0.15) is 5.26 Å². The van der Waals surface area contributed by atoms with Crippen molar-refractivity contribution < 1.29 is 19.1 Å². The Labute approximate surface area is 174 Å². The Balaban J connectivity index is 1.57. The van der Waals surface area contributed by atoms with Crippen LogP contribution in [0.5, 0.6) is 0 Å². The van der Waals surface area contributed by atoms with E-state index in [2.05, 4.69) is 5.32 Å². The second-order valence-electron chi connectivity index (χ2n) is 6.65. The van der Waals surface area contributed by atoms with Crippen LogP contribution >= 0.6 is 0 Å². The lowest BCUT2D eigenvalue weighted by Crippen LogP contribution is -2.32. The Morgan fingerprint density at radius 3 is 2.63 bits per heavy atom. The zero-order valence-electron chi connectivity index (χ0n) is 16.4. The third kappa shape index (κ3) is 5.35. The molecule has 154 valence electrons. The first-order chi connectivity index (χ1) is 14.6. The van der Waals surface area contributed by atoms with E-state index in [1.165, 1.54) is 9.80 Å². The number of benzene rings is 2. The molecule has 8 heteroatoms. The zero-order valence-corrected chi connectivity index (χ0v) is 16.4. The van der Waals surface area contributed by atoms with E-state index in [0.29, 0.717) is 30.2 Å². The average Bonchev–Trinajstić information content (AvgIpc) is 3.19. The van der Waals surface area contributed by atoms with E-state index in [0.717, 1.165) is 0 Å². The van der Waals surface area contributed by atoms with Gasteiger partial charge in [0.25, 0.3) is 0 Å². The number of para-hydroxylation sites is 1. The molecule has 3 rings (SSSR count). The molecular formula is C22H22N4O4. The Hall–Kier alpha value is -3.86.